The Morgan fingerprint density at radius 2 is 0.893 bits per heavy atom. The molecule has 2 atom stereocenters. The third-order valence-corrected chi connectivity index (χ3v) is 4.50. The third kappa shape index (κ3) is 3.87. The second kappa shape index (κ2) is 8.58. The molecule has 0 radical (unpaired) electrons. The molecule has 0 amide bonds. The fourth-order valence-corrected chi connectivity index (χ4v) is 2.99. The van der Waals surface area contributed by atoms with Gasteiger partial charge in [-0.05, 0) is 11.1 Å². The van der Waals surface area contributed by atoms with Gasteiger partial charge in [-0.2, -0.15) is 10.5 Å². The molecule has 0 N–H and O–H groups in total. The predicted octanol–water partition coefficient (Wildman–Crippen LogP) is 4.67. The van der Waals surface area contributed by atoms with E-state index < -0.39 is 11.8 Å². The van der Waals surface area contributed by atoms with Crippen molar-refractivity contribution in [2.24, 2.45) is 0 Å². The molecule has 0 aliphatic rings. The SMILES string of the molecule is N#CC(C(=O)c1ccc(C(=O)C(C#N)c2ccccc2)cc1)c1ccccc1. The summed E-state index contributed by atoms with van der Waals surface area (Å²) in [5.41, 5.74) is 1.95. The number of benzene rings is 3. The Morgan fingerprint density at radius 1 is 0.571 bits per heavy atom. The Morgan fingerprint density at radius 3 is 1.18 bits per heavy atom. The standard InChI is InChI=1S/C24H16N2O2/c25-15-21(17-7-3-1-4-8-17)23(27)19-11-13-20(14-12-19)24(28)22(16-26)18-9-5-2-6-10-18/h1-14,21-22H. The van der Waals surface area contributed by atoms with Crippen molar-refractivity contribution in [1.29, 1.82) is 10.5 Å². The van der Waals surface area contributed by atoms with Gasteiger partial charge in [0.1, 0.15) is 11.8 Å². The number of rotatable bonds is 6. The van der Waals surface area contributed by atoms with Crippen molar-refractivity contribution >= 4 is 11.6 Å². The molecule has 3 aromatic rings. The lowest BCUT2D eigenvalue weighted by Gasteiger charge is -2.11. The molecule has 3 aromatic carbocycles. The molecule has 0 aromatic heterocycles. The number of carbonyl (C=O) groups excluding carboxylic acids is 2. The lowest BCUT2D eigenvalue weighted by atomic mass is 9.89. The Labute approximate surface area is 163 Å². The van der Waals surface area contributed by atoms with Crippen LogP contribution in [0.4, 0.5) is 0 Å². The van der Waals surface area contributed by atoms with Crippen molar-refractivity contribution in [1.82, 2.24) is 0 Å². The molecule has 0 spiro atoms. The van der Waals surface area contributed by atoms with Crippen LogP contribution in [0.25, 0.3) is 0 Å². The van der Waals surface area contributed by atoms with Gasteiger partial charge in [-0.25, -0.2) is 0 Å². The maximum absolute atomic E-state index is 12.7. The van der Waals surface area contributed by atoms with E-state index >= 15 is 0 Å². The smallest absolute Gasteiger partial charge is 0.184 e. The van der Waals surface area contributed by atoms with E-state index in [0.29, 0.717) is 22.3 Å². The summed E-state index contributed by atoms with van der Waals surface area (Å²) in [6.45, 7) is 0. The predicted molar refractivity (Wildman–Crippen MR) is 105 cm³/mol. The number of Topliss-reactive ketones (excluding diaryl/α,β-unsaturated/α-hetero) is 2. The minimum absolute atomic E-state index is 0.326. The number of hydrogen-bond donors (Lipinski definition) is 0. The van der Waals surface area contributed by atoms with Crippen LogP contribution >= 0.6 is 0 Å². The summed E-state index contributed by atoms with van der Waals surface area (Å²) in [5.74, 6) is -2.46. The molecule has 0 heterocycles. The average molecular weight is 364 g/mol. The van der Waals surface area contributed by atoms with E-state index in [1.54, 1.807) is 48.5 Å². The normalized spacial score (nSPS) is 12.2. The minimum atomic E-state index is -0.904. The van der Waals surface area contributed by atoms with E-state index in [-0.39, 0.29) is 11.6 Å². The molecule has 134 valence electrons. The Bertz CT molecular complexity index is 971. The second-order valence-electron chi connectivity index (χ2n) is 6.25. The van der Waals surface area contributed by atoms with Crippen molar-refractivity contribution in [3.8, 4) is 12.1 Å². The highest BCUT2D eigenvalue weighted by Gasteiger charge is 2.24. The van der Waals surface area contributed by atoms with Crippen LogP contribution in [-0.4, -0.2) is 11.6 Å². The number of hydrogen-bond acceptors (Lipinski definition) is 4. The molecule has 0 aliphatic heterocycles. The Kier molecular flexibility index (Phi) is 5.75. The molecule has 4 nitrogen and oxygen atoms in total. The van der Waals surface area contributed by atoms with E-state index in [1.165, 1.54) is 24.3 Å². The van der Waals surface area contributed by atoms with Crippen LogP contribution in [0.3, 0.4) is 0 Å². The van der Waals surface area contributed by atoms with Crippen LogP contribution in [-0.2, 0) is 0 Å². The molecule has 0 aliphatic carbocycles. The van der Waals surface area contributed by atoms with Crippen molar-refractivity contribution < 1.29 is 9.59 Å². The molecule has 3 rings (SSSR count). The monoisotopic (exact) mass is 364 g/mol. The molecular weight excluding hydrogens is 348 g/mol. The largest absolute Gasteiger partial charge is 0.292 e. The number of nitriles is 2. The van der Waals surface area contributed by atoms with Crippen molar-refractivity contribution in [2.75, 3.05) is 0 Å². The van der Waals surface area contributed by atoms with Crippen LogP contribution in [0, 0.1) is 22.7 Å². The van der Waals surface area contributed by atoms with E-state index in [4.69, 9.17) is 0 Å². The van der Waals surface area contributed by atoms with Gasteiger partial charge in [-0.1, -0.05) is 84.9 Å². The van der Waals surface area contributed by atoms with Gasteiger partial charge in [0.05, 0.1) is 12.1 Å². The third-order valence-electron chi connectivity index (χ3n) is 4.50. The summed E-state index contributed by atoms with van der Waals surface area (Å²) in [6.07, 6.45) is 0. The van der Waals surface area contributed by atoms with Crippen LogP contribution < -0.4 is 0 Å². The van der Waals surface area contributed by atoms with E-state index in [9.17, 15) is 20.1 Å². The Hall–Kier alpha value is -4.02. The van der Waals surface area contributed by atoms with Gasteiger partial charge in [-0.15, -0.1) is 0 Å². The molecule has 28 heavy (non-hydrogen) atoms. The first kappa shape index (κ1) is 18.8. The molecule has 4 heteroatoms. The first-order valence-electron chi connectivity index (χ1n) is 8.73. The van der Waals surface area contributed by atoms with Crippen LogP contribution in [0.1, 0.15) is 43.7 Å². The molecule has 2 unspecified atom stereocenters. The fourth-order valence-electron chi connectivity index (χ4n) is 2.99. The average Bonchev–Trinajstić information content (AvgIpc) is 2.76. The highest BCUT2D eigenvalue weighted by molar-refractivity contribution is 6.05. The van der Waals surface area contributed by atoms with Gasteiger partial charge in [-0.3, -0.25) is 9.59 Å². The molecule has 0 saturated carbocycles. The zero-order chi connectivity index (χ0) is 19.9. The Balaban J connectivity index is 1.83. The first-order chi connectivity index (χ1) is 13.7. The summed E-state index contributed by atoms with van der Waals surface area (Å²) in [5, 5.41) is 18.8. The van der Waals surface area contributed by atoms with E-state index in [0.717, 1.165) is 0 Å². The van der Waals surface area contributed by atoms with Gasteiger partial charge in [0.25, 0.3) is 0 Å². The lowest BCUT2D eigenvalue weighted by Crippen LogP contribution is -2.13. The highest BCUT2D eigenvalue weighted by Crippen LogP contribution is 2.23. The zero-order valence-electron chi connectivity index (χ0n) is 14.9. The molecule has 0 bridgehead atoms. The van der Waals surface area contributed by atoms with Crippen molar-refractivity contribution in [2.45, 2.75) is 11.8 Å². The minimum Gasteiger partial charge on any atom is -0.292 e. The summed E-state index contributed by atoms with van der Waals surface area (Å²) < 4.78 is 0. The molecule has 0 fully saturated rings. The molecule has 0 saturated heterocycles. The summed E-state index contributed by atoms with van der Waals surface area (Å²) in [7, 11) is 0. The van der Waals surface area contributed by atoms with Gasteiger partial charge < -0.3 is 0 Å². The zero-order valence-corrected chi connectivity index (χ0v) is 14.9. The lowest BCUT2D eigenvalue weighted by molar-refractivity contribution is 0.0967. The first-order valence-corrected chi connectivity index (χ1v) is 8.73. The van der Waals surface area contributed by atoms with Crippen LogP contribution in [0.15, 0.2) is 84.9 Å². The van der Waals surface area contributed by atoms with Gasteiger partial charge >= 0.3 is 0 Å². The summed E-state index contributed by atoms with van der Waals surface area (Å²) in [4.78, 5) is 25.4. The van der Waals surface area contributed by atoms with Gasteiger partial charge in [0.2, 0.25) is 0 Å². The number of carbonyl (C=O) groups is 2. The fraction of sp³-hybridized carbons (Fsp3) is 0.0833. The van der Waals surface area contributed by atoms with Crippen molar-refractivity contribution in [3.63, 3.8) is 0 Å². The quantitative estimate of drug-likeness (QED) is 0.595. The van der Waals surface area contributed by atoms with E-state index in [2.05, 4.69) is 0 Å². The van der Waals surface area contributed by atoms with Crippen LogP contribution in [0.2, 0.25) is 0 Å². The van der Waals surface area contributed by atoms with E-state index in [1.807, 2.05) is 24.3 Å². The van der Waals surface area contributed by atoms with Gasteiger partial charge in [0, 0.05) is 11.1 Å². The van der Waals surface area contributed by atoms with Gasteiger partial charge in [0.15, 0.2) is 11.6 Å². The molecular formula is C24H16N2O2. The maximum Gasteiger partial charge on any atom is 0.184 e. The summed E-state index contributed by atoms with van der Waals surface area (Å²) in [6, 6.07) is 27.9. The van der Waals surface area contributed by atoms with Crippen LogP contribution in [0.5, 0.6) is 0 Å². The number of nitrogens with zero attached hydrogens (tertiary/aromatic N) is 2. The summed E-state index contributed by atoms with van der Waals surface area (Å²) >= 11 is 0. The maximum atomic E-state index is 12.7. The highest BCUT2D eigenvalue weighted by atomic mass is 16.1. The van der Waals surface area contributed by atoms with Crippen molar-refractivity contribution in [3.05, 3.63) is 107 Å². The second-order valence-corrected chi connectivity index (χ2v) is 6.25. The topological polar surface area (TPSA) is 81.7 Å². The number of ketones is 2.